The fourth-order valence-corrected chi connectivity index (χ4v) is 6.77. The quantitative estimate of drug-likeness (QED) is 0.601. The zero-order valence-corrected chi connectivity index (χ0v) is 18.6. The highest BCUT2D eigenvalue weighted by atomic mass is 32.2. The van der Waals surface area contributed by atoms with Gasteiger partial charge in [-0.25, -0.2) is 17.8 Å². The van der Waals surface area contributed by atoms with E-state index in [1.807, 2.05) is 24.4 Å². The molecule has 1 aromatic carbocycles. The first kappa shape index (κ1) is 21.1. The predicted octanol–water partition coefficient (Wildman–Crippen LogP) is 3.79. The molecule has 1 fully saturated rings. The number of amides is 1. The van der Waals surface area contributed by atoms with Gasteiger partial charge < -0.3 is 5.32 Å². The zero-order valence-electron chi connectivity index (χ0n) is 16.2. The normalized spacial score (nSPS) is 17.3. The Morgan fingerprint density at radius 3 is 2.83 bits per heavy atom. The Labute approximate surface area is 182 Å². The average molecular weight is 466 g/mol. The number of thiophene rings is 1. The molecule has 0 bridgehead atoms. The largest absolute Gasteiger partial charge is 0.350 e. The van der Waals surface area contributed by atoms with Crippen molar-refractivity contribution in [3.63, 3.8) is 0 Å². The molecule has 10 heteroatoms. The van der Waals surface area contributed by atoms with Crippen molar-refractivity contribution in [1.82, 2.24) is 14.6 Å². The van der Waals surface area contributed by atoms with E-state index in [-0.39, 0.29) is 12.5 Å². The highest BCUT2D eigenvalue weighted by Crippen LogP contribution is 2.30. The van der Waals surface area contributed by atoms with Gasteiger partial charge >= 0.3 is 0 Å². The van der Waals surface area contributed by atoms with E-state index >= 15 is 0 Å². The molecule has 0 saturated carbocycles. The molecular weight excluding hydrogens is 445 g/mol. The number of benzene rings is 1. The minimum atomic E-state index is -4.08. The van der Waals surface area contributed by atoms with Crippen LogP contribution in [-0.4, -0.2) is 36.2 Å². The van der Waals surface area contributed by atoms with Crippen molar-refractivity contribution in [2.45, 2.75) is 37.2 Å². The summed E-state index contributed by atoms with van der Waals surface area (Å²) in [6.45, 7) is 2.45. The number of thiazole rings is 1. The number of carbonyl (C=O) groups is 1. The Morgan fingerprint density at radius 1 is 1.30 bits per heavy atom. The number of rotatable bonds is 6. The van der Waals surface area contributed by atoms with Gasteiger partial charge in [0.2, 0.25) is 15.9 Å². The monoisotopic (exact) mass is 465 g/mol. The van der Waals surface area contributed by atoms with Gasteiger partial charge in [-0.15, -0.1) is 22.7 Å². The van der Waals surface area contributed by atoms with Gasteiger partial charge in [0.1, 0.15) is 16.8 Å². The van der Waals surface area contributed by atoms with Crippen molar-refractivity contribution in [1.29, 1.82) is 0 Å². The zero-order chi connectivity index (χ0) is 21.3. The van der Waals surface area contributed by atoms with Gasteiger partial charge in [0, 0.05) is 16.8 Å². The maximum Gasteiger partial charge on any atom is 0.246 e. The second-order valence-electron chi connectivity index (χ2n) is 6.94. The van der Waals surface area contributed by atoms with E-state index in [0.717, 1.165) is 30.8 Å². The van der Waals surface area contributed by atoms with Crippen LogP contribution >= 0.6 is 22.7 Å². The molecule has 1 saturated heterocycles. The van der Waals surface area contributed by atoms with Gasteiger partial charge in [-0.2, -0.15) is 4.31 Å². The van der Waals surface area contributed by atoms with E-state index in [0.29, 0.717) is 19.4 Å². The van der Waals surface area contributed by atoms with Crippen molar-refractivity contribution in [2.24, 2.45) is 0 Å². The molecule has 0 radical (unpaired) electrons. The maximum atomic E-state index is 14.1. The second-order valence-corrected chi connectivity index (χ2v) is 11.0. The van der Waals surface area contributed by atoms with Gasteiger partial charge in [-0.05, 0) is 44.0 Å². The number of hydrogen-bond donors (Lipinski definition) is 1. The molecule has 1 amide bonds. The molecule has 3 aromatic rings. The standard InChI is InChI=1S/C20H20FN3O3S3/c1-13-23-16(12-28-13)18-9-8-14(29-18)11-22-20(25)17-6-4-10-24(17)30(26,27)19-7-3-2-5-15(19)21/h2-3,5,7-9,12,17H,4,6,10-11H2,1H3,(H,22,25)/t17-/m0/s1. The molecule has 1 atom stereocenters. The minimum Gasteiger partial charge on any atom is -0.350 e. The van der Waals surface area contributed by atoms with Crippen molar-refractivity contribution in [3.05, 3.63) is 57.5 Å². The molecule has 2 aromatic heterocycles. The van der Waals surface area contributed by atoms with Gasteiger partial charge in [-0.1, -0.05) is 12.1 Å². The summed E-state index contributed by atoms with van der Waals surface area (Å²) in [4.78, 5) is 18.8. The summed E-state index contributed by atoms with van der Waals surface area (Å²) in [5.74, 6) is -1.18. The first-order chi connectivity index (χ1) is 14.4. The van der Waals surface area contributed by atoms with Crippen molar-refractivity contribution in [3.8, 4) is 10.6 Å². The number of sulfonamides is 1. The highest BCUT2D eigenvalue weighted by Gasteiger charge is 2.40. The fraction of sp³-hybridized carbons (Fsp3) is 0.300. The maximum absolute atomic E-state index is 14.1. The van der Waals surface area contributed by atoms with Crippen LogP contribution < -0.4 is 5.32 Å². The number of nitrogens with one attached hydrogen (secondary N) is 1. The number of halogens is 1. The number of aryl methyl sites for hydroxylation is 1. The Balaban J connectivity index is 1.44. The lowest BCUT2D eigenvalue weighted by atomic mass is 10.2. The van der Waals surface area contributed by atoms with E-state index in [4.69, 9.17) is 0 Å². The molecule has 0 aliphatic carbocycles. The predicted molar refractivity (Wildman–Crippen MR) is 115 cm³/mol. The SMILES string of the molecule is Cc1nc(-c2ccc(CNC(=O)[C@@H]3CCCN3S(=O)(=O)c3ccccc3F)s2)cs1. The number of carbonyl (C=O) groups excluding carboxylic acids is 1. The van der Waals surface area contributed by atoms with Gasteiger partial charge in [0.25, 0.3) is 0 Å². The van der Waals surface area contributed by atoms with Crippen molar-refractivity contribution >= 4 is 38.6 Å². The molecule has 158 valence electrons. The molecule has 0 spiro atoms. The van der Waals surface area contributed by atoms with Gasteiger partial charge in [-0.3, -0.25) is 4.79 Å². The Bertz CT molecular complexity index is 1170. The summed E-state index contributed by atoms with van der Waals surface area (Å²) in [6, 6.07) is 8.30. The lowest BCUT2D eigenvalue weighted by molar-refractivity contribution is -0.124. The molecule has 30 heavy (non-hydrogen) atoms. The number of aromatic nitrogens is 1. The molecule has 6 nitrogen and oxygen atoms in total. The van der Waals surface area contributed by atoms with E-state index in [1.54, 1.807) is 11.3 Å². The Morgan fingerprint density at radius 2 is 2.10 bits per heavy atom. The molecule has 1 N–H and O–H groups in total. The third kappa shape index (κ3) is 4.18. The average Bonchev–Trinajstić information content (AvgIpc) is 3.46. The third-order valence-electron chi connectivity index (χ3n) is 4.90. The van der Waals surface area contributed by atoms with E-state index in [2.05, 4.69) is 10.3 Å². The summed E-state index contributed by atoms with van der Waals surface area (Å²) in [6.07, 6.45) is 0.964. The van der Waals surface area contributed by atoms with Crippen LogP contribution in [0.1, 0.15) is 22.7 Å². The first-order valence-corrected chi connectivity index (χ1v) is 12.5. The van der Waals surface area contributed by atoms with Crippen LogP contribution in [0.15, 0.2) is 46.7 Å². The smallest absolute Gasteiger partial charge is 0.246 e. The Hall–Kier alpha value is -2.14. The summed E-state index contributed by atoms with van der Waals surface area (Å²) < 4.78 is 41.0. The van der Waals surface area contributed by atoms with Gasteiger partial charge in [0.05, 0.1) is 22.1 Å². The number of hydrogen-bond acceptors (Lipinski definition) is 6. The molecule has 4 rings (SSSR count). The minimum absolute atomic E-state index is 0.196. The second kappa shape index (κ2) is 8.54. The first-order valence-electron chi connectivity index (χ1n) is 9.41. The third-order valence-corrected chi connectivity index (χ3v) is 8.72. The van der Waals surface area contributed by atoms with Crippen LogP contribution in [0.25, 0.3) is 10.6 Å². The van der Waals surface area contributed by atoms with E-state index < -0.39 is 26.8 Å². The number of nitrogens with zero attached hydrogens (tertiary/aromatic N) is 2. The van der Waals surface area contributed by atoms with Gasteiger partial charge in [0.15, 0.2) is 0 Å². The lowest BCUT2D eigenvalue weighted by Gasteiger charge is -2.23. The summed E-state index contributed by atoms with van der Waals surface area (Å²) in [5, 5.41) is 5.82. The lowest BCUT2D eigenvalue weighted by Crippen LogP contribution is -2.45. The van der Waals surface area contributed by atoms with Crippen LogP contribution in [0.2, 0.25) is 0 Å². The Kier molecular flexibility index (Phi) is 6.01. The molecule has 0 unspecified atom stereocenters. The topological polar surface area (TPSA) is 79.4 Å². The molecule has 1 aliphatic rings. The summed E-state index contributed by atoms with van der Waals surface area (Å²) in [7, 11) is -4.08. The highest BCUT2D eigenvalue weighted by molar-refractivity contribution is 7.89. The van der Waals surface area contributed by atoms with Crippen molar-refractivity contribution < 1.29 is 17.6 Å². The van der Waals surface area contributed by atoms with E-state index in [1.165, 1.54) is 29.5 Å². The molecular formula is C20H20FN3O3S3. The molecule has 1 aliphatic heterocycles. The summed E-state index contributed by atoms with van der Waals surface area (Å²) >= 11 is 3.12. The van der Waals surface area contributed by atoms with E-state index in [9.17, 15) is 17.6 Å². The van der Waals surface area contributed by atoms with Crippen LogP contribution in [0.5, 0.6) is 0 Å². The molecule has 3 heterocycles. The summed E-state index contributed by atoms with van der Waals surface area (Å²) in [5.41, 5.74) is 0.915. The van der Waals surface area contributed by atoms with Crippen LogP contribution in [0, 0.1) is 12.7 Å². The fourth-order valence-electron chi connectivity index (χ4n) is 3.45. The van der Waals surface area contributed by atoms with Crippen LogP contribution in [0.4, 0.5) is 4.39 Å². The van der Waals surface area contributed by atoms with Crippen LogP contribution in [-0.2, 0) is 21.4 Å². The van der Waals surface area contributed by atoms with Crippen LogP contribution in [0.3, 0.4) is 0 Å². The van der Waals surface area contributed by atoms with Crippen molar-refractivity contribution in [2.75, 3.05) is 6.54 Å².